The second-order valence-corrected chi connectivity index (χ2v) is 7.42. The zero-order chi connectivity index (χ0) is 26.2. The molecule has 0 radical (unpaired) electrons. The molecule has 0 atom stereocenters. The van der Waals surface area contributed by atoms with Crippen molar-refractivity contribution in [2.24, 2.45) is 10.2 Å². The Kier molecular flexibility index (Phi) is 11.9. The van der Waals surface area contributed by atoms with E-state index in [9.17, 15) is 9.59 Å². The van der Waals surface area contributed by atoms with Gasteiger partial charge in [-0.3, -0.25) is 9.59 Å². The van der Waals surface area contributed by atoms with Gasteiger partial charge in [-0.2, -0.15) is 10.2 Å². The summed E-state index contributed by atoms with van der Waals surface area (Å²) in [7, 11) is 3.12. The Bertz CT molecular complexity index is 1140. The topological polar surface area (TPSA) is 113 Å². The molecule has 0 aromatic heterocycles. The number of methoxy groups -OCH3 is 2. The van der Waals surface area contributed by atoms with Gasteiger partial charge in [-0.05, 0) is 53.1 Å². The van der Waals surface area contributed by atoms with Crippen molar-refractivity contribution < 1.29 is 19.1 Å². The van der Waals surface area contributed by atoms with E-state index in [1.54, 1.807) is 37.6 Å². The largest absolute Gasteiger partial charge is 0.497 e. The molecule has 36 heavy (non-hydrogen) atoms. The number of nitrogens with one attached hydrogen (secondary N) is 3. The predicted octanol–water partition coefficient (Wildman–Crippen LogP) is 3.31. The van der Waals surface area contributed by atoms with Crippen molar-refractivity contribution in [1.29, 1.82) is 0 Å². The Morgan fingerprint density at radius 3 is 2.53 bits per heavy atom. The zero-order valence-corrected chi connectivity index (χ0v) is 20.5. The van der Waals surface area contributed by atoms with Crippen molar-refractivity contribution in [2.75, 3.05) is 20.8 Å². The summed E-state index contributed by atoms with van der Waals surface area (Å²) in [6.07, 6.45) is 6.43. The van der Waals surface area contributed by atoms with E-state index in [1.807, 2.05) is 36.4 Å². The summed E-state index contributed by atoms with van der Waals surface area (Å²) >= 11 is 0. The van der Waals surface area contributed by atoms with Crippen molar-refractivity contribution in [3.63, 3.8) is 0 Å². The molecule has 2 aromatic carbocycles. The highest BCUT2D eigenvalue weighted by Crippen LogP contribution is 2.10. The van der Waals surface area contributed by atoms with E-state index in [0.717, 1.165) is 16.9 Å². The first-order chi connectivity index (χ1) is 17.4. The monoisotopic (exact) mass is 489 g/mol. The fourth-order valence-electron chi connectivity index (χ4n) is 2.82. The van der Waals surface area contributed by atoms with Crippen molar-refractivity contribution >= 4 is 24.2 Å². The Balaban J connectivity index is 1.69. The number of carbonyl (C=O) groups is 2. The summed E-state index contributed by atoms with van der Waals surface area (Å²) in [4.78, 5) is 24.2. The summed E-state index contributed by atoms with van der Waals surface area (Å²) in [5, 5.41) is 11.0. The molecule has 2 amide bonds. The number of hydrogen-bond donors (Lipinski definition) is 3. The van der Waals surface area contributed by atoms with Crippen LogP contribution in [0.4, 0.5) is 0 Å². The van der Waals surface area contributed by atoms with E-state index in [4.69, 9.17) is 9.47 Å². The molecule has 0 saturated heterocycles. The Hall–Kier alpha value is -4.50. The molecule has 0 bridgehead atoms. The van der Waals surface area contributed by atoms with Crippen LogP contribution in [-0.4, -0.2) is 45.0 Å². The van der Waals surface area contributed by atoms with E-state index in [0.29, 0.717) is 30.0 Å². The van der Waals surface area contributed by atoms with Gasteiger partial charge in [-0.25, -0.2) is 10.9 Å². The maximum absolute atomic E-state index is 12.2. The molecule has 2 aromatic rings. The van der Waals surface area contributed by atoms with Crippen LogP contribution >= 0.6 is 0 Å². The number of ether oxygens (including phenoxy) is 2. The maximum atomic E-state index is 12.2. The molecule has 9 nitrogen and oxygen atoms in total. The zero-order valence-electron chi connectivity index (χ0n) is 20.5. The third kappa shape index (κ3) is 10.2. The molecule has 0 aliphatic rings. The van der Waals surface area contributed by atoms with Gasteiger partial charge in [0.2, 0.25) is 5.91 Å². The highest BCUT2D eigenvalue weighted by Gasteiger charge is 2.04. The molecule has 2 rings (SSSR count). The second-order valence-electron chi connectivity index (χ2n) is 7.42. The van der Waals surface area contributed by atoms with Crippen molar-refractivity contribution in [1.82, 2.24) is 16.2 Å². The summed E-state index contributed by atoms with van der Waals surface area (Å²) in [6.45, 7) is 8.45. The fraction of sp³-hybridized carbons (Fsp3) is 0.185. The molecule has 3 N–H and O–H groups in total. The number of hydrogen-bond acceptors (Lipinski definition) is 7. The highest BCUT2D eigenvalue weighted by atomic mass is 16.5. The van der Waals surface area contributed by atoms with Crippen molar-refractivity contribution in [3.8, 4) is 5.75 Å². The molecular formula is C27H31N5O4. The van der Waals surface area contributed by atoms with Crippen LogP contribution in [0.3, 0.4) is 0 Å². The second kappa shape index (κ2) is 15.4. The number of benzene rings is 2. The Morgan fingerprint density at radius 2 is 1.83 bits per heavy atom. The van der Waals surface area contributed by atoms with E-state index < -0.39 is 0 Å². The van der Waals surface area contributed by atoms with Gasteiger partial charge in [0, 0.05) is 25.1 Å². The fourth-order valence-corrected chi connectivity index (χ4v) is 2.82. The molecule has 0 spiro atoms. The molecule has 9 heteroatoms. The summed E-state index contributed by atoms with van der Waals surface area (Å²) in [5.41, 5.74) is 7.76. The van der Waals surface area contributed by atoms with E-state index in [2.05, 4.69) is 39.5 Å². The van der Waals surface area contributed by atoms with Crippen LogP contribution in [-0.2, 0) is 16.1 Å². The van der Waals surface area contributed by atoms with Crippen molar-refractivity contribution in [2.45, 2.75) is 13.0 Å². The molecule has 0 saturated carbocycles. The lowest BCUT2D eigenvalue weighted by Crippen LogP contribution is -2.24. The molecule has 0 heterocycles. The van der Waals surface area contributed by atoms with E-state index >= 15 is 0 Å². The lowest BCUT2D eigenvalue weighted by Gasteiger charge is -2.06. The lowest BCUT2D eigenvalue weighted by atomic mass is 10.1. The molecule has 0 aliphatic carbocycles. The first kappa shape index (κ1) is 27.7. The van der Waals surface area contributed by atoms with Gasteiger partial charge in [0.25, 0.3) is 5.91 Å². The van der Waals surface area contributed by atoms with Crippen LogP contribution in [0.1, 0.15) is 27.9 Å². The van der Waals surface area contributed by atoms with Gasteiger partial charge >= 0.3 is 0 Å². The molecule has 188 valence electrons. The Morgan fingerprint density at radius 1 is 1.06 bits per heavy atom. The van der Waals surface area contributed by atoms with Gasteiger partial charge in [-0.1, -0.05) is 37.4 Å². The minimum Gasteiger partial charge on any atom is -0.497 e. The highest BCUT2D eigenvalue weighted by molar-refractivity contribution is 5.95. The van der Waals surface area contributed by atoms with Gasteiger partial charge in [0.1, 0.15) is 11.5 Å². The average molecular weight is 490 g/mol. The normalized spacial score (nSPS) is 11.3. The van der Waals surface area contributed by atoms with Crippen molar-refractivity contribution in [3.05, 3.63) is 102 Å². The maximum Gasteiger partial charge on any atom is 0.271 e. The smallest absolute Gasteiger partial charge is 0.271 e. The Labute approximate surface area is 211 Å². The minimum atomic E-state index is -0.343. The van der Waals surface area contributed by atoms with Gasteiger partial charge in [0.05, 0.1) is 26.6 Å². The standard InChI is InChI=1S/C27H31N5O4/c1-5-24(35-3)15-20(2)17-29-32-27(34)23-11-9-21(10-12-23)18-28-14-13-26(33)31-30-19-22-7-6-8-25(16-22)36-4/h5-12,15-17,19,28H,1-2,13-14,18H2,3-4H3,(H,31,33)(H,32,34)/b24-15+,29-17+,30-19+. The van der Waals surface area contributed by atoms with Crippen LogP contribution < -0.4 is 20.9 Å². The number of rotatable bonds is 14. The number of nitrogens with zero attached hydrogens (tertiary/aromatic N) is 2. The molecule has 0 fully saturated rings. The number of amides is 2. The molecule has 0 aliphatic heterocycles. The summed E-state index contributed by atoms with van der Waals surface area (Å²) in [5.74, 6) is 0.720. The van der Waals surface area contributed by atoms with E-state index in [1.165, 1.54) is 13.3 Å². The number of allylic oxidation sites excluding steroid dienone is 3. The summed E-state index contributed by atoms with van der Waals surface area (Å²) < 4.78 is 10.2. The van der Waals surface area contributed by atoms with Crippen LogP contribution in [0.15, 0.2) is 95.4 Å². The van der Waals surface area contributed by atoms with Crippen LogP contribution in [0.5, 0.6) is 5.75 Å². The van der Waals surface area contributed by atoms with Crippen LogP contribution in [0, 0.1) is 0 Å². The first-order valence-electron chi connectivity index (χ1n) is 11.1. The lowest BCUT2D eigenvalue weighted by molar-refractivity contribution is -0.120. The van der Waals surface area contributed by atoms with Gasteiger partial charge < -0.3 is 14.8 Å². The average Bonchev–Trinajstić information content (AvgIpc) is 2.90. The molecule has 0 unspecified atom stereocenters. The number of carbonyl (C=O) groups excluding carboxylic acids is 2. The quantitative estimate of drug-likeness (QED) is 0.124. The molecular weight excluding hydrogens is 458 g/mol. The van der Waals surface area contributed by atoms with Gasteiger partial charge in [0.15, 0.2) is 0 Å². The third-order valence-corrected chi connectivity index (χ3v) is 4.73. The van der Waals surface area contributed by atoms with E-state index in [-0.39, 0.29) is 18.2 Å². The number of hydrazone groups is 2. The third-order valence-electron chi connectivity index (χ3n) is 4.73. The SMILES string of the molecule is C=C/C(=C\C(=C)/C=N/NC(=O)c1ccc(CNCCC(=O)N/N=C/c2cccc(OC)c2)cc1)OC. The summed E-state index contributed by atoms with van der Waals surface area (Å²) in [6, 6.07) is 14.4. The first-order valence-corrected chi connectivity index (χ1v) is 11.1. The minimum absolute atomic E-state index is 0.199. The van der Waals surface area contributed by atoms with Gasteiger partial charge in [-0.15, -0.1) is 0 Å². The predicted molar refractivity (Wildman–Crippen MR) is 142 cm³/mol. The van der Waals surface area contributed by atoms with Crippen LogP contribution in [0.2, 0.25) is 0 Å². The van der Waals surface area contributed by atoms with Crippen LogP contribution in [0.25, 0.3) is 0 Å².